The van der Waals surface area contributed by atoms with Crippen molar-refractivity contribution in [2.45, 2.75) is 71.3 Å². The van der Waals surface area contributed by atoms with Gasteiger partial charge in [0.05, 0.1) is 0 Å². The van der Waals surface area contributed by atoms with Gasteiger partial charge in [-0.2, -0.15) is 0 Å². The second-order valence-electron chi connectivity index (χ2n) is 8.24. The van der Waals surface area contributed by atoms with E-state index in [0.29, 0.717) is 11.9 Å². The molecule has 1 saturated heterocycles. The van der Waals surface area contributed by atoms with Crippen molar-refractivity contribution in [3.8, 4) is 0 Å². The monoisotopic (exact) mass is 292 g/mol. The Labute approximate surface area is 129 Å². The van der Waals surface area contributed by atoms with Gasteiger partial charge in [0, 0.05) is 25.0 Å². The van der Waals surface area contributed by atoms with Gasteiger partial charge in [0.2, 0.25) is 5.91 Å². The predicted octanol–water partition coefficient (Wildman–Crippen LogP) is 3.19. The number of piperidine rings is 1. The molecule has 2 saturated carbocycles. The highest BCUT2D eigenvalue weighted by molar-refractivity contribution is 5.79. The summed E-state index contributed by atoms with van der Waals surface area (Å²) in [5.41, 5.74) is 0.205. The van der Waals surface area contributed by atoms with E-state index in [0.717, 1.165) is 38.3 Å². The molecule has 1 atom stereocenters. The van der Waals surface area contributed by atoms with E-state index < -0.39 is 0 Å². The predicted molar refractivity (Wildman–Crippen MR) is 86.1 cm³/mol. The smallest absolute Gasteiger partial charge is 0.226 e. The number of nitrogens with one attached hydrogen (secondary N) is 1. The molecule has 0 aromatic carbocycles. The lowest BCUT2D eigenvalue weighted by molar-refractivity contribution is -0.142. The molecule has 1 amide bonds. The largest absolute Gasteiger partial charge is 0.342 e. The lowest BCUT2D eigenvalue weighted by Gasteiger charge is -2.42. The molecule has 1 unspecified atom stereocenters. The van der Waals surface area contributed by atoms with Gasteiger partial charge < -0.3 is 10.2 Å². The molecule has 3 nitrogen and oxygen atoms in total. The van der Waals surface area contributed by atoms with Crippen molar-refractivity contribution >= 4 is 5.91 Å². The third kappa shape index (κ3) is 3.80. The normalized spacial score (nSPS) is 30.4. The Morgan fingerprint density at radius 3 is 2.43 bits per heavy atom. The zero-order chi connectivity index (χ0) is 14.9. The van der Waals surface area contributed by atoms with Gasteiger partial charge in [-0.25, -0.2) is 0 Å². The van der Waals surface area contributed by atoms with E-state index >= 15 is 0 Å². The topological polar surface area (TPSA) is 32.3 Å². The Morgan fingerprint density at radius 2 is 1.81 bits per heavy atom. The average molecular weight is 292 g/mol. The summed E-state index contributed by atoms with van der Waals surface area (Å²) in [6.45, 7) is 7.72. The van der Waals surface area contributed by atoms with E-state index in [4.69, 9.17) is 0 Å². The summed E-state index contributed by atoms with van der Waals surface area (Å²) < 4.78 is 0. The molecule has 0 spiro atoms. The zero-order valence-corrected chi connectivity index (χ0v) is 13.9. The van der Waals surface area contributed by atoms with Crippen molar-refractivity contribution in [1.29, 1.82) is 0 Å². The molecule has 21 heavy (non-hydrogen) atoms. The van der Waals surface area contributed by atoms with Gasteiger partial charge in [-0.3, -0.25) is 4.79 Å². The van der Waals surface area contributed by atoms with E-state index in [1.165, 1.54) is 38.6 Å². The van der Waals surface area contributed by atoms with Crippen molar-refractivity contribution in [2.24, 2.45) is 17.3 Å². The average Bonchev–Trinajstić information content (AvgIpc) is 3.29. The van der Waals surface area contributed by atoms with E-state index in [2.05, 4.69) is 24.1 Å². The molecule has 0 aromatic heterocycles. The molecular weight excluding hydrogens is 260 g/mol. The molecule has 1 N–H and O–H groups in total. The van der Waals surface area contributed by atoms with Crippen LogP contribution in [0.3, 0.4) is 0 Å². The van der Waals surface area contributed by atoms with Gasteiger partial charge in [0.15, 0.2) is 0 Å². The van der Waals surface area contributed by atoms with Crippen LogP contribution in [-0.2, 0) is 4.79 Å². The van der Waals surface area contributed by atoms with Crippen LogP contribution >= 0.6 is 0 Å². The summed E-state index contributed by atoms with van der Waals surface area (Å²) in [5, 5.41) is 3.70. The molecule has 0 bridgehead atoms. The first-order valence-electron chi connectivity index (χ1n) is 9.08. The third-order valence-corrected chi connectivity index (χ3v) is 6.00. The molecule has 3 rings (SSSR count). The number of amides is 1. The van der Waals surface area contributed by atoms with Crippen molar-refractivity contribution in [1.82, 2.24) is 10.2 Å². The maximum atomic E-state index is 12.9. The highest BCUT2D eigenvalue weighted by Crippen LogP contribution is 2.41. The van der Waals surface area contributed by atoms with Gasteiger partial charge in [-0.05, 0) is 56.4 Å². The Hall–Kier alpha value is -0.570. The Balaban J connectivity index is 1.47. The second-order valence-corrected chi connectivity index (χ2v) is 8.24. The lowest BCUT2D eigenvalue weighted by Crippen LogP contribution is -2.49. The highest BCUT2D eigenvalue weighted by Gasteiger charge is 2.39. The summed E-state index contributed by atoms with van der Waals surface area (Å²) in [7, 11) is 0. The summed E-state index contributed by atoms with van der Waals surface area (Å²) in [6, 6.07) is 0.647. The van der Waals surface area contributed by atoms with E-state index in [1.807, 2.05) is 0 Å². The Bertz CT molecular complexity index is 367. The maximum Gasteiger partial charge on any atom is 0.226 e. The van der Waals surface area contributed by atoms with Crippen LogP contribution in [0.25, 0.3) is 0 Å². The number of likely N-dealkylation sites (tertiary alicyclic amines) is 1. The minimum atomic E-state index is 0.205. The molecule has 0 aromatic rings. The fourth-order valence-electron chi connectivity index (χ4n) is 4.13. The highest BCUT2D eigenvalue weighted by atomic mass is 16.2. The molecule has 1 heterocycles. The standard InChI is InChI=1S/C18H32N2O/c1-18(2)10-4-3-5-16(18)17(21)20-11-8-15(9-12-20)19-13-14-6-7-14/h14-16,19H,3-13H2,1-2H3. The van der Waals surface area contributed by atoms with Crippen LogP contribution in [-0.4, -0.2) is 36.5 Å². The number of nitrogens with zero attached hydrogens (tertiary/aromatic N) is 1. The van der Waals surface area contributed by atoms with Crippen LogP contribution in [0.15, 0.2) is 0 Å². The van der Waals surface area contributed by atoms with Crippen LogP contribution in [0.5, 0.6) is 0 Å². The summed E-state index contributed by atoms with van der Waals surface area (Å²) >= 11 is 0. The number of hydrogen-bond donors (Lipinski definition) is 1. The minimum absolute atomic E-state index is 0.205. The first kappa shape index (κ1) is 15.3. The van der Waals surface area contributed by atoms with Crippen LogP contribution in [0.2, 0.25) is 0 Å². The van der Waals surface area contributed by atoms with Crippen molar-refractivity contribution in [3.05, 3.63) is 0 Å². The molecule has 3 aliphatic rings. The first-order valence-corrected chi connectivity index (χ1v) is 9.08. The van der Waals surface area contributed by atoms with Crippen LogP contribution in [0.4, 0.5) is 0 Å². The molecular formula is C18H32N2O. The molecule has 0 radical (unpaired) electrons. The quantitative estimate of drug-likeness (QED) is 0.863. The van der Waals surface area contributed by atoms with E-state index in [-0.39, 0.29) is 11.3 Å². The van der Waals surface area contributed by atoms with Crippen molar-refractivity contribution < 1.29 is 4.79 Å². The second kappa shape index (κ2) is 6.28. The first-order chi connectivity index (χ1) is 10.1. The third-order valence-electron chi connectivity index (χ3n) is 6.00. The number of carbonyl (C=O) groups excluding carboxylic acids is 1. The fraction of sp³-hybridized carbons (Fsp3) is 0.944. The number of carbonyl (C=O) groups is 1. The molecule has 3 heteroatoms. The van der Waals surface area contributed by atoms with E-state index in [9.17, 15) is 4.79 Å². The summed E-state index contributed by atoms with van der Waals surface area (Å²) in [5.74, 6) is 1.66. The Kier molecular flexibility index (Phi) is 4.58. The van der Waals surface area contributed by atoms with Gasteiger partial charge in [0.25, 0.3) is 0 Å². The van der Waals surface area contributed by atoms with Gasteiger partial charge in [0.1, 0.15) is 0 Å². The molecule has 2 aliphatic carbocycles. The summed E-state index contributed by atoms with van der Waals surface area (Å²) in [4.78, 5) is 15.0. The number of hydrogen-bond acceptors (Lipinski definition) is 2. The molecule has 1 aliphatic heterocycles. The van der Waals surface area contributed by atoms with Crippen molar-refractivity contribution in [3.63, 3.8) is 0 Å². The lowest BCUT2D eigenvalue weighted by atomic mass is 9.68. The van der Waals surface area contributed by atoms with E-state index in [1.54, 1.807) is 0 Å². The SMILES string of the molecule is CC1(C)CCCCC1C(=O)N1CCC(NCC2CC2)CC1. The van der Waals surface area contributed by atoms with Crippen LogP contribution in [0, 0.1) is 17.3 Å². The van der Waals surface area contributed by atoms with Gasteiger partial charge in [-0.1, -0.05) is 26.7 Å². The summed E-state index contributed by atoms with van der Waals surface area (Å²) in [6.07, 6.45) is 9.97. The molecule has 120 valence electrons. The minimum Gasteiger partial charge on any atom is -0.342 e. The van der Waals surface area contributed by atoms with Crippen molar-refractivity contribution in [2.75, 3.05) is 19.6 Å². The van der Waals surface area contributed by atoms with Gasteiger partial charge in [-0.15, -0.1) is 0 Å². The fourth-order valence-corrected chi connectivity index (χ4v) is 4.13. The van der Waals surface area contributed by atoms with Gasteiger partial charge >= 0.3 is 0 Å². The van der Waals surface area contributed by atoms with Crippen LogP contribution in [0.1, 0.15) is 65.2 Å². The Morgan fingerprint density at radius 1 is 1.10 bits per heavy atom. The zero-order valence-electron chi connectivity index (χ0n) is 13.9. The molecule has 3 fully saturated rings. The maximum absolute atomic E-state index is 12.9. The van der Waals surface area contributed by atoms with Crippen LogP contribution < -0.4 is 5.32 Å². The number of rotatable bonds is 4.